The van der Waals surface area contributed by atoms with Gasteiger partial charge >= 0.3 is 0 Å². The van der Waals surface area contributed by atoms with E-state index in [0.717, 1.165) is 17.2 Å². The number of hydrogen-bond acceptors (Lipinski definition) is 4. The quantitative estimate of drug-likeness (QED) is 0.618. The standard InChI is InChI=1S/C16H21N3O3/c1-11(12-3-4-12)17(2)10-16(20)18-8-7-13-9-14(19(21)22)5-6-15(13)18/h5-6,9,11-12H,3-4,7-8,10H2,1-2H3/t11-/m1/s1. The van der Waals surface area contributed by atoms with E-state index in [4.69, 9.17) is 0 Å². The first-order valence-electron chi connectivity index (χ1n) is 7.75. The predicted molar refractivity (Wildman–Crippen MR) is 84.0 cm³/mol. The SMILES string of the molecule is C[C@H](C1CC1)N(C)CC(=O)N1CCc2cc([N+](=O)[O-])ccc21. The van der Waals surface area contributed by atoms with Crippen LogP contribution in [0.2, 0.25) is 0 Å². The first-order valence-corrected chi connectivity index (χ1v) is 7.75. The summed E-state index contributed by atoms with van der Waals surface area (Å²) in [5.41, 5.74) is 1.80. The number of anilines is 1. The van der Waals surface area contributed by atoms with Gasteiger partial charge in [-0.2, -0.15) is 0 Å². The van der Waals surface area contributed by atoms with Gasteiger partial charge in [-0.1, -0.05) is 0 Å². The molecule has 1 aromatic carbocycles. The zero-order chi connectivity index (χ0) is 15.9. The Morgan fingerprint density at radius 2 is 2.23 bits per heavy atom. The summed E-state index contributed by atoms with van der Waals surface area (Å²) in [6, 6.07) is 5.19. The number of amides is 1. The number of carbonyl (C=O) groups excluding carboxylic acids is 1. The van der Waals surface area contributed by atoms with Crippen LogP contribution in [0, 0.1) is 16.0 Å². The van der Waals surface area contributed by atoms with Gasteiger partial charge < -0.3 is 4.90 Å². The topological polar surface area (TPSA) is 66.7 Å². The molecular weight excluding hydrogens is 282 g/mol. The van der Waals surface area contributed by atoms with Crippen molar-refractivity contribution in [3.8, 4) is 0 Å². The molecule has 6 nitrogen and oxygen atoms in total. The summed E-state index contributed by atoms with van der Waals surface area (Å²) >= 11 is 0. The average Bonchev–Trinajstić information content (AvgIpc) is 3.24. The lowest BCUT2D eigenvalue weighted by atomic mass is 10.1. The first-order chi connectivity index (χ1) is 10.5. The van der Waals surface area contributed by atoms with Crippen LogP contribution in [0.15, 0.2) is 18.2 Å². The van der Waals surface area contributed by atoms with Crippen LogP contribution in [0.1, 0.15) is 25.3 Å². The lowest BCUT2D eigenvalue weighted by molar-refractivity contribution is -0.384. The Morgan fingerprint density at radius 1 is 1.50 bits per heavy atom. The van der Waals surface area contributed by atoms with Crippen LogP contribution in [0.3, 0.4) is 0 Å². The molecule has 2 aliphatic rings. The maximum atomic E-state index is 12.5. The van der Waals surface area contributed by atoms with Crippen molar-refractivity contribution in [1.82, 2.24) is 4.90 Å². The molecule has 0 saturated heterocycles. The normalized spacial score (nSPS) is 18.4. The zero-order valence-corrected chi connectivity index (χ0v) is 13.0. The van der Waals surface area contributed by atoms with E-state index in [1.807, 2.05) is 7.05 Å². The third kappa shape index (κ3) is 2.83. The molecule has 1 heterocycles. The van der Waals surface area contributed by atoms with E-state index in [9.17, 15) is 14.9 Å². The van der Waals surface area contributed by atoms with Gasteiger partial charge in [0.05, 0.1) is 11.5 Å². The molecule has 1 aromatic rings. The molecule has 3 rings (SSSR count). The number of hydrogen-bond donors (Lipinski definition) is 0. The molecule has 1 fully saturated rings. The van der Waals surface area contributed by atoms with E-state index in [1.54, 1.807) is 17.0 Å². The lowest BCUT2D eigenvalue weighted by Gasteiger charge is -2.26. The number of nitrogens with zero attached hydrogens (tertiary/aromatic N) is 3. The Morgan fingerprint density at radius 3 is 2.86 bits per heavy atom. The number of likely N-dealkylation sites (N-methyl/N-ethyl adjacent to an activating group) is 1. The number of benzene rings is 1. The Kier molecular flexibility index (Phi) is 3.87. The summed E-state index contributed by atoms with van der Waals surface area (Å²) in [4.78, 5) is 26.8. The second kappa shape index (κ2) is 5.68. The molecule has 0 N–H and O–H groups in total. The molecule has 1 atom stereocenters. The van der Waals surface area contributed by atoms with Gasteiger partial charge in [-0.25, -0.2) is 0 Å². The van der Waals surface area contributed by atoms with Gasteiger partial charge in [-0.05, 0) is 50.8 Å². The molecule has 0 aromatic heterocycles. The highest BCUT2D eigenvalue weighted by Crippen LogP contribution is 2.35. The highest BCUT2D eigenvalue weighted by atomic mass is 16.6. The van der Waals surface area contributed by atoms with Crippen LogP contribution in [0.25, 0.3) is 0 Å². The molecule has 0 radical (unpaired) electrons. The van der Waals surface area contributed by atoms with Crippen molar-refractivity contribution in [2.75, 3.05) is 25.0 Å². The number of fused-ring (bicyclic) bond motifs is 1. The predicted octanol–water partition coefficient (Wildman–Crippen LogP) is 2.21. The monoisotopic (exact) mass is 303 g/mol. The van der Waals surface area contributed by atoms with Crippen molar-refractivity contribution in [2.24, 2.45) is 5.92 Å². The number of carbonyl (C=O) groups is 1. The molecule has 1 aliphatic carbocycles. The number of nitro groups is 1. The molecule has 1 saturated carbocycles. The van der Waals surface area contributed by atoms with Crippen LogP contribution in [-0.4, -0.2) is 41.9 Å². The number of nitro benzene ring substituents is 1. The van der Waals surface area contributed by atoms with E-state index in [-0.39, 0.29) is 11.6 Å². The van der Waals surface area contributed by atoms with Crippen molar-refractivity contribution >= 4 is 17.3 Å². The Balaban J connectivity index is 1.69. The van der Waals surface area contributed by atoms with Gasteiger partial charge in [0.15, 0.2) is 0 Å². The molecule has 22 heavy (non-hydrogen) atoms. The summed E-state index contributed by atoms with van der Waals surface area (Å²) in [7, 11) is 1.99. The van der Waals surface area contributed by atoms with Gasteiger partial charge in [0, 0.05) is 30.4 Å². The fourth-order valence-electron chi connectivity index (χ4n) is 3.14. The van der Waals surface area contributed by atoms with E-state index in [2.05, 4.69) is 11.8 Å². The van der Waals surface area contributed by atoms with Crippen LogP contribution in [0.4, 0.5) is 11.4 Å². The highest BCUT2D eigenvalue weighted by molar-refractivity contribution is 5.97. The summed E-state index contributed by atoms with van der Waals surface area (Å²) in [6.45, 7) is 3.18. The fourth-order valence-corrected chi connectivity index (χ4v) is 3.14. The van der Waals surface area contributed by atoms with Gasteiger partial charge in [-0.15, -0.1) is 0 Å². The van der Waals surface area contributed by atoms with Gasteiger partial charge in [0.1, 0.15) is 0 Å². The first kappa shape index (κ1) is 15.0. The molecule has 6 heteroatoms. The lowest BCUT2D eigenvalue weighted by Crippen LogP contribution is -2.42. The smallest absolute Gasteiger partial charge is 0.269 e. The van der Waals surface area contributed by atoms with Crippen molar-refractivity contribution in [3.63, 3.8) is 0 Å². The van der Waals surface area contributed by atoms with Crippen LogP contribution in [-0.2, 0) is 11.2 Å². The minimum Gasteiger partial charge on any atom is -0.311 e. The summed E-state index contributed by atoms with van der Waals surface area (Å²) in [5, 5.41) is 10.8. The molecule has 1 amide bonds. The van der Waals surface area contributed by atoms with Crippen molar-refractivity contribution in [1.29, 1.82) is 0 Å². The Hall–Kier alpha value is -1.95. The molecule has 1 aliphatic heterocycles. The molecule has 118 valence electrons. The third-order valence-electron chi connectivity index (χ3n) is 4.85. The summed E-state index contributed by atoms with van der Waals surface area (Å²) in [6.07, 6.45) is 3.20. The van der Waals surface area contributed by atoms with Crippen LogP contribution in [0.5, 0.6) is 0 Å². The van der Waals surface area contributed by atoms with E-state index < -0.39 is 4.92 Å². The van der Waals surface area contributed by atoms with Crippen LogP contribution >= 0.6 is 0 Å². The number of rotatable bonds is 5. The van der Waals surface area contributed by atoms with Crippen molar-refractivity contribution in [3.05, 3.63) is 33.9 Å². The fraction of sp³-hybridized carbons (Fsp3) is 0.562. The molecule has 0 spiro atoms. The maximum Gasteiger partial charge on any atom is 0.269 e. The summed E-state index contributed by atoms with van der Waals surface area (Å²) in [5.74, 6) is 0.800. The average molecular weight is 303 g/mol. The largest absolute Gasteiger partial charge is 0.311 e. The van der Waals surface area contributed by atoms with Gasteiger partial charge in [0.2, 0.25) is 5.91 Å². The Labute approximate surface area is 129 Å². The molecule has 0 unspecified atom stereocenters. The minimum absolute atomic E-state index is 0.0719. The Bertz CT molecular complexity index is 613. The minimum atomic E-state index is -0.393. The van der Waals surface area contributed by atoms with Crippen molar-refractivity contribution < 1.29 is 9.72 Å². The second-order valence-electron chi connectivity index (χ2n) is 6.36. The zero-order valence-electron chi connectivity index (χ0n) is 13.0. The van der Waals surface area contributed by atoms with E-state index in [1.165, 1.54) is 18.9 Å². The summed E-state index contributed by atoms with van der Waals surface area (Å²) < 4.78 is 0. The number of non-ortho nitro benzene ring substituents is 1. The second-order valence-corrected chi connectivity index (χ2v) is 6.36. The van der Waals surface area contributed by atoms with E-state index in [0.29, 0.717) is 25.6 Å². The maximum absolute atomic E-state index is 12.5. The van der Waals surface area contributed by atoms with E-state index >= 15 is 0 Å². The highest BCUT2D eigenvalue weighted by Gasteiger charge is 2.33. The van der Waals surface area contributed by atoms with Crippen molar-refractivity contribution in [2.45, 2.75) is 32.2 Å². The molecule has 0 bridgehead atoms. The molecular formula is C16H21N3O3. The van der Waals surface area contributed by atoms with Gasteiger partial charge in [-0.3, -0.25) is 19.8 Å². The third-order valence-corrected chi connectivity index (χ3v) is 4.85. The van der Waals surface area contributed by atoms with Gasteiger partial charge in [0.25, 0.3) is 5.69 Å². The van der Waals surface area contributed by atoms with Crippen LogP contribution < -0.4 is 4.90 Å².